The Labute approximate surface area is 165 Å². The Morgan fingerprint density at radius 3 is 2.79 bits per heavy atom. The molecular formula is C16H26IN3O2S2. The van der Waals surface area contributed by atoms with Crippen molar-refractivity contribution in [2.45, 2.75) is 25.7 Å². The molecule has 3 heterocycles. The number of thiophene rings is 1. The van der Waals surface area contributed by atoms with Crippen LogP contribution < -0.4 is 5.32 Å². The van der Waals surface area contributed by atoms with Crippen molar-refractivity contribution in [2.24, 2.45) is 10.9 Å². The van der Waals surface area contributed by atoms with E-state index < -0.39 is 9.84 Å². The van der Waals surface area contributed by atoms with Crippen LogP contribution in [0.3, 0.4) is 0 Å². The molecule has 0 radical (unpaired) electrons. The van der Waals surface area contributed by atoms with Crippen molar-refractivity contribution in [3.05, 3.63) is 22.4 Å². The Bertz CT molecular complexity index is 626. The summed E-state index contributed by atoms with van der Waals surface area (Å²) in [6.07, 6.45) is 4.18. The number of halogens is 1. The highest BCUT2D eigenvalue weighted by atomic mass is 127. The summed E-state index contributed by atoms with van der Waals surface area (Å²) in [5.74, 6) is 1.79. The number of nitrogens with zero attached hydrogens (tertiary/aromatic N) is 2. The van der Waals surface area contributed by atoms with E-state index in [-0.39, 0.29) is 29.9 Å². The monoisotopic (exact) mass is 483 g/mol. The molecule has 5 nitrogen and oxygen atoms in total. The van der Waals surface area contributed by atoms with Gasteiger partial charge in [0.15, 0.2) is 15.8 Å². The quantitative estimate of drug-likeness (QED) is 0.397. The number of rotatable bonds is 5. The van der Waals surface area contributed by atoms with Crippen LogP contribution in [0, 0.1) is 5.92 Å². The summed E-state index contributed by atoms with van der Waals surface area (Å²) in [6.45, 7) is 3.59. The van der Waals surface area contributed by atoms with E-state index in [1.165, 1.54) is 17.7 Å². The lowest BCUT2D eigenvalue weighted by atomic mass is 10.1. The van der Waals surface area contributed by atoms with Gasteiger partial charge in [0.1, 0.15) is 0 Å². The largest absolute Gasteiger partial charge is 0.356 e. The van der Waals surface area contributed by atoms with Gasteiger partial charge in [0.2, 0.25) is 0 Å². The molecule has 2 aliphatic heterocycles. The minimum Gasteiger partial charge on any atom is -0.356 e. The Hall–Kier alpha value is -0.350. The highest BCUT2D eigenvalue weighted by molar-refractivity contribution is 14.0. The van der Waals surface area contributed by atoms with Gasteiger partial charge in [0, 0.05) is 31.1 Å². The number of sulfone groups is 1. The summed E-state index contributed by atoms with van der Waals surface area (Å²) >= 11 is 1.78. The van der Waals surface area contributed by atoms with Gasteiger partial charge in [-0.1, -0.05) is 6.07 Å². The zero-order valence-electron chi connectivity index (χ0n) is 13.8. The molecule has 2 fully saturated rings. The van der Waals surface area contributed by atoms with E-state index in [1.807, 2.05) is 0 Å². The van der Waals surface area contributed by atoms with Gasteiger partial charge >= 0.3 is 0 Å². The molecular weight excluding hydrogens is 457 g/mol. The van der Waals surface area contributed by atoms with Crippen molar-refractivity contribution in [3.63, 3.8) is 0 Å². The molecule has 2 aliphatic rings. The van der Waals surface area contributed by atoms with Crippen LogP contribution in [-0.2, 0) is 16.3 Å². The van der Waals surface area contributed by atoms with E-state index in [0.29, 0.717) is 18.1 Å². The smallest absolute Gasteiger partial charge is 0.193 e. The Morgan fingerprint density at radius 2 is 2.17 bits per heavy atom. The Balaban J connectivity index is 0.00000208. The van der Waals surface area contributed by atoms with Gasteiger partial charge in [-0.05, 0) is 43.0 Å². The van der Waals surface area contributed by atoms with E-state index >= 15 is 0 Å². The van der Waals surface area contributed by atoms with Crippen molar-refractivity contribution in [1.29, 1.82) is 0 Å². The minimum absolute atomic E-state index is 0. The van der Waals surface area contributed by atoms with Crippen molar-refractivity contribution in [1.82, 2.24) is 10.2 Å². The van der Waals surface area contributed by atoms with Gasteiger partial charge in [-0.3, -0.25) is 4.99 Å². The lowest BCUT2D eigenvalue weighted by Gasteiger charge is -2.22. The fourth-order valence-electron chi connectivity index (χ4n) is 3.18. The van der Waals surface area contributed by atoms with E-state index in [1.54, 1.807) is 11.3 Å². The Kier molecular flexibility index (Phi) is 7.80. The highest BCUT2D eigenvalue weighted by Gasteiger charge is 2.28. The van der Waals surface area contributed by atoms with Crippen molar-refractivity contribution < 1.29 is 8.42 Å². The number of guanidine groups is 1. The normalized spacial score (nSPS) is 23.2. The molecule has 0 aromatic carbocycles. The second-order valence-electron chi connectivity index (χ2n) is 6.38. The summed E-state index contributed by atoms with van der Waals surface area (Å²) in [6, 6.07) is 4.23. The Morgan fingerprint density at radius 1 is 1.38 bits per heavy atom. The number of hydrogen-bond acceptors (Lipinski definition) is 4. The summed E-state index contributed by atoms with van der Waals surface area (Å²) in [7, 11) is -2.81. The molecule has 3 rings (SSSR count). The molecule has 1 aromatic rings. The predicted molar refractivity (Wildman–Crippen MR) is 111 cm³/mol. The first-order chi connectivity index (χ1) is 11.1. The summed E-state index contributed by atoms with van der Waals surface area (Å²) in [4.78, 5) is 8.42. The second kappa shape index (κ2) is 9.38. The third-order valence-electron chi connectivity index (χ3n) is 4.47. The molecule has 1 aromatic heterocycles. The first-order valence-corrected chi connectivity index (χ1v) is 11.1. The van der Waals surface area contributed by atoms with Gasteiger partial charge in [0.25, 0.3) is 0 Å². The van der Waals surface area contributed by atoms with Crippen LogP contribution in [0.2, 0.25) is 0 Å². The fourth-order valence-corrected chi connectivity index (χ4v) is 5.74. The molecule has 1 unspecified atom stereocenters. The molecule has 136 valence electrons. The first kappa shape index (κ1) is 20.0. The molecule has 0 amide bonds. The predicted octanol–water partition coefficient (Wildman–Crippen LogP) is 2.38. The van der Waals surface area contributed by atoms with Gasteiger partial charge in [0.05, 0.1) is 11.5 Å². The van der Waals surface area contributed by atoms with Crippen molar-refractivity contribution in [3.8, 4) is 0 Å². The van der Waals surface area contributed by atoms with E-state index in [0.717, 1.165) is 38.4 Å². The summed E-state index contributed by atoms with van der Waals surface area (Å²) < 4.78 is 23.1. The van der Waals surface area contributed by atoms with Crippen molar-refractivity contribution in [2.75, 3.05) is 37.7 Å². The first-order valence-electron chi connectivity index (χ1n) is 8.38. The minimum atomic E-state index is -2.81. The molecule has 24 heavy (non-hydrogen) atoms. The SMILES string of the molecule is I.O=S1(=O)CCC(CN=C(NCCc2cccs2)N2CCCC2)C1. The molecule has 1 N–H and O–H groups in total. The highest BCUT2D eigenvalue weighted by Crippen LogP contribution is 2.19. The third-order valence-corrected chi connectivity index (χ3v) is 7.24. The average Bonchev–Trinajstić information content (AvgIpc) is 3.24. The fraction of sp³-hybridized carbons (Fsp3) is 0.688. The standard InChI is InChI=1S/C16H25N3O2S2.HI/c20-23(21)11-6-14(13-23)12-18-16(19-8-1-2-9-19)17-7-5-15-4-3-10-22-15;/h3-4,10,14H,1-2,5-9,11-13H2,(H,17,18);1H. The lowest BCUT2D eigenvalue weighted by Crippen LogP contribution is -2.41. The maximum atomic E-state index is 11.6. The summed E-state index contributed by atoms with van der Waals surface area (Å²) in [5.41, 5.74) is 0. The molecule has 1 atom stereocenters. The van der Waals surface area contributed by atoms with Crippen LogP contribution in [0.15, 0.2) is 22.5 Å². The number of aliphatic imine (C=N–C) groups is 1. The topological polar surface area (TPSA) is 61.8 Å². The molecule has 8 heteroatoms. The molecule has 0 bridgehead atoms. The van der Waals surface area contributed by atoms with E-state index in [2.05, 4.69) is 27.7 Å². The lowest BCUT2D eigenvalue weighted by molar-refractivity contribution is 0.486. The third kappa shape index (κ3) is 5.87. The van der Waals surface area contributed by atoms with Gasteiger partial charge in [-0.25, -0.2) is 8.42 Å². The van der Waals surface area contributed by atoms with Crippen LogP contribution in [0.1, 0.15) is 24.1 Å². The number of likely N-dealkylation sites (tertiary alicyclic amines) is 1. The van der Waals surface area contributed by atoms with E-state index in [4.69, 9.17) is 4.99 Å². The molecule has 0 spiro atoms. The van der Waals surface area contributed by atoms with Gasteiger partial charge in [-0.15, -0.1) is 35.3 Å². The van der Waals surface area contributed by atoms with Gasteiger partial charge < -0.3 is 10.2 Å². The number of nitrogens with one attached hydrogen (secondary N) is 1. The zero-order valence-corrected chi connectivity index (χ0v) is 17.8. The molecule has 0 saturated carbocycles. The van der Waals surface area contributed by atoms with Crippen LogP contribution in [0.25, 0.3) is 0 Å². The molecule has 2 saturated heterocycles. The van der Waals surface area contributed by atoms with Crippen LogP contribution in [0.4, 0.5) is 0 Å². The molecule has 0 aliphatic carbocycles. The maximum Gasteiger partial charge on any atom is 0.193 e. The van der Waals surface area contributed by atoms with Crippen LogP contribution >= 0.6 is 35.3 Å². The maximum absolute atomic E-state index is 11.6. The van der Waals surface area contributed by atoms with Gasteiger partial charge in [-0.2, -0.15) is 0 Å². The zero-order chi connectivity index (χ0) is 16.1. The number of hydrogen-bond donors (Lipinski definition) is 1. The second-order valence-corrected chi connectivity index (χ2v) is 9.64. The average molecular weight is 483 g/mol. The summed E-state index contributed by atoms with van der Waals surface area (Å²) in [5, 5.41) is 5.58. The van der Waals surface area contributed by atoms with Crippen LogP contribution in [-0.4, -0.2) is 57.0 Å². The van der Waals surface area contributed by atoms with Crippen molar-refractivity contribution >= 4 is 51.1 Å². The van der Waals surface area contributed by atoms with Crippen LogP contribution in [0.5, 0.6) is 0 Å². The van der Waals surface area contributed by atoms with E-state index in [9.17, 15) is 8.42 Å².